The standard InChI is InChI=1S/C37H45ClF2N8O2S.C20H16N2O5.C2H6.C2H4/c1-24(9-5-4-6-12-45(2)3)35(49)47-17-15-46(16-18-47)34-27-20-29(38)26(19-25-28(22-41)33(42)51-30(25)21-39)31(40)32(27)43-36(44-34)50-23-37-10-7-13-48(37)14-8-11-37;1-2-10-11-5-9(23)3-4-15(11)21-17-13(10)7-22-16(17)6-12-14(19(22)25)8-27-20(26)18(12)24;2*1-2/h19-21H,1,4-18,23,42H2,2-3H3;3-6,18,23-24H,2,7-8H2,1H3;1-2H3;1-2H2/b25-19+,30-21-;;;. The summed E-state index contributed by atoms with van der Waals surface area (Å²) in [5.41, 5.74) is 10.7. The van der Waals surface area contributed by atoms with Gasteiger partial charge in [-0.2, -0.15) is 15.2 Å². The number of pyridine rings is 2. The second kappa shape index (κ2) is 26.3. The van der Waals surface area contributed by atoms with E-state index in [0.717, 1.165) is 104 Å². The van der Waals surface area contributed by atoms with Crippen molar-refractivity contribution in [1.82, 2.24) is 34.2 Å². The quantitative estimate of drug-likeness (QED) is 0.0428. The Labute approximate surface area is 484 Å². The zero-order chi connectivity index (χ0) is 59.2. The van der Waals surface area contributed by atoms with Crippen molar-refractivity contribution in [3.05, 3.63) is 120 Å². The maximum atomic E-state index is 16.7. The molecule has 11 rings (SSSR count). The number of unbranched alkanes of at least 4 members (excludes halogenated alkanes) is 2. The van der Waals surface area contributed by atoms with Crippen molar-refractivity contribution in [2.75, 3.05) is 77.1 Å². The molecule has 0 bridgehead atoms. The van der Waals surface area contributed by atoms with Crippen LogP contribution in [-0.2, 0) is 33.9 Å². The van der Waals surface area contributed by atoms with E-state index >= 15 is 4.39 Å². The molecule has 6 aromatic rings. The average molecular weight is 1160 g/mol. The van der Waals surface area contributed by atoms with Crippen LogP contribution in [0, 0.1) is 17.1 Å². The van der Waals surface area contributed by atoms with Gasteiger partial charge in [-0.3, -0.25) is 14.5 Å². The first-order valence-corrected chi connectivity index (χ1v) is 29.0. The number of aryl methyl sites for hydroxylation is 1. The van der Waals surface area contributed by atoms with Crippen LogP contribution in [0.4, 0.5) is 19.6 Å². The number of thiophene rings is 1. The third-order valence-electron chi connectivity index (χ3n) is 15.8. The Morgan fingerprint density at radius 1 is 1.04 bits per heavy atom. The fourth-order valence-corrected chi connectivity index (χ4v) is 12.8. The van der Waals surface area contributed by atoms with Gasteiger partial charge in [-0.1, -0.05) is 45.4 Å². The summed E-state index contributed by atoms with van der Waals surface area (Å²) < 4.78 is 43.4. The zero-order valence-corrected chi connectivity index (χ0v) is 48.8. The highest BCUT2D eigenvalue weighted by Gasteiger charge is 2.45. The summed E-state index contributed by atoms with van der Waals surface area (Å²) in [7, 11) is 4.11. The fourth-order valence-electron chi connectivity index (χ4n) is 11.7. The van der Waals surface area contributed by atoms with Crippen LogP contribution < -0.4 is 30.7 Å². The van der Waals surface area contributed by atoms with E-state index < -0.39 is 17.9 Å². The third kappa shape index (κ3) is 12.0. The minimum Gasteiger partial charge on any atom is -0.508 e. The number of carbonyl (C=O) groups excluding carboxylic acids is 2. The summed E-state index contributed by atoms with van der Waals surface area (Å²) in [6, 6.07) is 10.3. The normalized spacial score (nSPS) is 17.2. The van der Waals surface area contributed by atoms with Crippen LogP contribution in [0.25, 0.3) is 45.6 Å². The number of halogens is 3. The van der Waals surface area contributed by atoms with Gasteiger partial charge in [0.05, 0.1) is 49.7 Å². The number of hydrogen-bond acceptors (Lipinski definition) is 16. The minimum absolute atomic E-state index is 0.00788. The number of aromatic nitrogens is 4. The molecular formula is C61H71ClF2N10O7S. The molecule has 9 heterocycles. The number of phenols is 1. The van der Waals surface area contributed by atoms with Crippen molar-refractivity contribution in [3.63, 3.8) is 0 Å². The van der Waals surface area contributed by atoms with E-state index in [1.807, 2.05) is 36.6 Å². The number of piperazine rings is 1. The number of anilines is 2. The van der Waals surface area contributed by atoms with E-state index in [-0.39, 0.29) is 71.8 Å². The second-order valence-corrected chi connectivity index (χ2v) is 22.3. The number of cyclic esters (lactones) is 1. The number of amides is 1. The fraction of sp³-hybridized carbons (Fsp3) is 0.426. The second-order valence-electron chi connectivity index (χ2n) is 20.8. The van der Waals surface area contributed by atoms with Gasteiger partial charge in [-0.15, -0.1) is 24.5 Å². The number of nitrogen functional groups attached to an aromatic ring is 1. The summed E-state index contributed by atoms with van der Waals surface area (Å²) >= 11 is 7.63. The van der Waals surface area contributed by atoms with Crippen molar-refractivity contribution in [2.45, 2.75) is 103 Å². The number of esters is 1. The van der Waals surface area contributed by atoms with Crippen molar-refractivity contribution >= 4 is 79.8 Å². The van der Waals surface area contributed by atoms with E-state index in [2.05, 4.69) is 48.6 Å². The van der Waals surface area contributed by atoms with Crippen LogP contribution in [0.1, 0.15) is 112 Å². The molecule has 4 N–H and O–H groups in total. The summed E-state index contributed by atoms with van der Waals surface area (Å²) in [5, 5.41) is 31.3. The Balaban J connectivity index is 0.000000237. The van der Waals surface area contributed by atoms with Gasteiger partial charge in [0, 0.05) is 64.4 Å². The van der Waals surface area contributed by atoms with Crippen molar-refractivity contribution in [2.24, 2.45) is 0 Å². The Kier molecular flexibility index (Phi) is 19.5. The van der Waals surface area contributed by atoms with Gasteiger partial charge < -0.3 is 44.7 Å². The minimum atomic E-state index is -1.46. The molecule has 1 amide bonds. The lowest BCUT2D eigenvalue weighted by Crippen LogP contribution is -2.49. The smallest absolute Gasteiger partial charge is 0.340 e. The van der Waals surface area contributed by atoms with Gasteiger partial charge in [0.2, 0.25) is 5.91 Å². The molecule has 0 aliphatic carbocycles. The van der Waals surface area contributed by atoms with Crippen LogP contribution in [0.3, 0.4) is 0 Å². The molecule has 5 aliphatic rings. The Morgan fingerprint density at radius 2 is 1.76 bits per heavy atom. The summed E-state index contributed by atoms with van der Waals surface area (Å²) in [4.78, 5) is 60.5. The van der Waals surface area contributed by atoms with Gasteiger partial charge in [0.15, 0.2) is 11.9 Å². The number of fused-ring (bicyclic) bond motifs is 7. The Morgan fingerprint density at radius 3 is 2.43 bits per heavy atom. The molecule has 21 heteroatoms. The molecule has 4 aromatic heterocycles. The largest absolute Gasteiger partial charge is 0.508 e. The topological polar surface area (TPSA) is 216 Å². The lowest BCUT2D eigenvalue weighted by atomic mass is 9.95. The first-order valence-electron chi connectivity index (χ1n) is 27.9. The highest BCUT2D eigenvalue weighted by molar-refractivity contribution is 7.14. The molecule has 17 nitrogen and oxygen atoms in total. The van der Waals surface area contributed by atoms with E-state index in [1.54, 1.807) is 34.9 Å². The molecule has 1 atom stereocenters. The third-order valence-corrected chi connectivity index (χ3v) is 17.1. The van der Waals surface area contributed by atoms with Crippen LogP contribution >= 0.6 is 22.9 Å². The number of hydrogen-bond donors (Lipinski definition) is 3. The predicted octanol–water partition coefficient (Wildman–Crippen LogP) is 8.42. The number of aliphatic hydroxyl groups is 1. The maximum Gasteiger partial charge on any atom is 0.340 e. The molecule has 2 aromatic carbocycles. The number of benzene rings is 2. The Bertz CT molecular complexity index is 3660. The van der Waals surface area contributed by atoms with Gasteiger partial charge >= 0.3 is 12.0 Å². The zero-order valence-electron chi connectivity index (χ0n) is 47.3. The predicted molar refractivity (Wildman–Crippen MR) is 319 cm³/mol. The molecule has 0 saturated carbocycles. The molecule has 434 valence electrons. The van der Waals surface area contributed by atoms with Gasteiger partial charge in [0.25, 0.3) is 5.56 Å². The average Bonchev–Trinajstić information content (AvgIpc) is 2.81. The van der Waals surface area contributed by atoms with E-state index in [9.17, 15) is 34.2 Å². The number of aliphatic hydroxyl groups excluding tert-OH is 1. The van der Waals surface area contributed by atoms with Gasteiger partial charge in [-0.05, 0) is 127 Å². The number of ether oxygens (including phenoxy) is 2. The summed E-state index contributed by atoms with van der Waals surface area (Å²) in [5.74, 6) is -0.916. The van der Waals surface area contributed by atoms with E-state index in [0.29, 0.717) is 91.4 Å². The molecule has 5 aliphatic heterocycles. The molecule has 82 heavy (non-hydrogen) atoms. The summed E-state index contributed by atoms with van der Waals surface area (Å²) in [6.07, 6.45) is 8.88. The maximum absolute atomic E-state index is 16.7. The molecule has 0 radical (unpaired) electrons. The van der Waals surface area contributed by atoms with Crippen LogP contribution in [0.15, 0.2) is 60.4 Å². The van der Waals surface area contributed by atoms with Crippen LogP contribution in [0.5, 0.6) is 11.8 Å². The monoisotopic (exact) mass is 1160 g/mol. The number of nitrogens with zero attached hydrogens (tertiary/aromatic N) is 9. The number of nitrogens with two attached hydrogens (primary N) is 1. The molecule has 1 unspecified atom stereocenters. The van der Waals surface area contributed by atoms with Gasteiger partial charge in [0.1, 0.15) is 47.7 Å². The highest BCUT2D eigenvalue weighted by atomic mass is 35.5. The van der Waals surface area contributed by atoms with Crippen LogP contribution in [0.2, 0.25) is 5.02 Å². The number of carbonyl (C=O) groups is 2. The number of rotatable bonds is 13. The first kappa shape index (κ1) is 60.8. The SMILES string of the molecule is C=C.C=C(CCCCCN(C)C)C(=O)N1CCN(c2nc(OCC34CCCN3CCC4)nc3c(F)c(/C=c4\c(C#N)c(N)s\c4=C/F)c(Cl)cc23)CC1.CC.CCc1c2c(nc3ccc(O)cc13)-c1cc3c(c(=O)n1C2)COC(=O)C3O. The lowest BCUT2D eigenvalue weighted by molar-refractivity contribution is -0.157. The first-order chi connectivity index (χ1) is 39.5. The Hall–Kier alpha value is -7.28. The number of nitriles is 1. The summed E-state index contributed by atoms with van der Waals surface area (Å²) in [6.45, 7) is 21.6. The van der Waals surface area contributed by atoms with Crippen molar-refractivity contribution in [3.8, 4) is 29.2 Å². The van der Waals surface area contributed by atoms with Crippen molar-refractivity contribution in [1.29, 1.82) is 5.26 Å². The number of phenolic OH excluding ortho intramolecular Hbond substituents is 1. The molecule has 3 fully saturated rings. The highest BCUT2D eigenvalue weighted by Crippen LogP contribution is 2.41. The van der Waals surface area contributed by atoms with E-state index in [1.165, 1.54) is 6.08 Å². The van der Waals surface area contributed by atoms with E-state index in [4.69, 9.17) is 36.8 Å². The van der Waals surface area contributed by atoms with Gasteiger partial charge in [-0.25, -0.2) is 18.6 Å². The van der Waals surface area contributed by atoms with Crippen molar-refractivity contribution < 1.29 is 38.1 Å². The molecule has 0 spiro atoms. The van der Waals surface area contributed by atoms with Crippen LogP contribution in [-0.4, -0.2) is 128 Å². The number of aromatic hydroxyl groups is 1. The lowest BCUT2D eigenvalue weighted by Gasteiger charge is -2.36. The molecular weight excluding hydrogens is 1090 g/mol. The molecule has 3 saturated heterocycles.